The summed E-state index contributed by atoms with van der Waals surface area (Å²) in [6.07, 6.45) is 7.16. The minimum atomic E-state index is -0.164. The van der Waals surface area contributed by atoms with E-state index in [0.717, 1.165) is 50.7 Å². The topological polar surface area (TPSA) is 138 Å². The highest BCUT2D eigenvalue weighted by molar-refractivity contribution is 6.02. The largest absolute Gasteiger partial charge is 0.493 e. The van der Waals surface area contributed by atoms with Crippen molar-refractivity contribution in [2.75, 3.05) is 83.7 Å². The molecule has 0 saturated carbocycles. The predicted molar refractivity (Wildman–Crippen MR) is 203 cm³/mol. The van der Waals surface area contributed by atoms with E-state index in [-0.39, 0.29) is 18.2 Å². The van der Waals surface area contributed by atoms with E-state index in [1.807, 2.05) is 88.9 Å². The zero-order chi connectivity index (χ0) is 36.5. The van der Waals surface area contributed by atoms with E-state index in [4.69, 9.17) is 30.1 Å². The number of anilines is 2. The molecule has 0 spiro atoms. The molecule has 12 nitrogen and oxygen atoms in total. The van der Waals surface area contributed by atoms with Crippen molar-refractivity contribution in [1.82, 2.24) is 20.0 Å². The van der Waals surface area contributed by atoms with Gasteiger partial charge in [-0.25, -0.2) is 4.79 Å². The summed E-state index contributed by atoms with van der Waals surface area (Å²) in [6, 6.07) is 10.7. The van der Waals surface area contributed by atoms with Gasteiger partial charge in [-0.15, -0.1) is 0 Å². The molecule has 2 fully saturated rings. The number of hydrogen-bond donors (Lipinski definition) is 4. The molecular weight excluding hydrogens is 634 g/mol. The number of carbonyl (C=O) groups excluding carboxylic acids is 1. The first kappa shape index (κ1) is 40.0. The number of piperazine rings is 2. The molecule has 50 heavy (non-hydrogen) atoms. The first-order valence-corrected chi connectivity index (χ1v) is 17.7. The average molecular weight is 694 g/mol. The molecule has 2 aromatic carbocycles. The van der Waals surface area contributed by atoms with E-state index in [1.54, 1.807) is 24.1 Å². The maximum Gasteiger partial charge on any atom is 0.321 e. The van der Waals surface area contributed by atoms with Crippen LogP contribution in [0.2, 0.25) is 0 Å². The Bertz CT molecular complexity index is 1400. The van der Waals surface area contributed by atoms with E-state index in [2.05, 4.69) is 15.5 Å². The summed E-state index contributed by atoms with van der Waals surface area (Å²) in [5, 5.41) is 15.1. The van der Waals surface area contributed by atoms with Crippen molar-refractivity contribution in [3.8, 4) is 17.2 Å². The molecule has 2 amide bonds. The van der Waals surface area contributed by atoms with Gasteiger partial charge >= 0.3 is 6.03 Å². The molecule has 0 bridgehead atoms. The third-order valence-electron chi connectivity index (χ3n) is 8.02. The Morgan fingerprint density at radius 2 is 1.62 bits per heavy atom. The molecule has 12 heteroatoms. The molecule has 2 saturated heterocycles. The number of nitrogen functional groups attached to an aromatic ring is 1. The van der Waals surface area contributed by atoms with Gasteiger partial charge in [-0.2, -0.15) is 0 Å². The molecule has 276 valence electrons. The van der Waals surface area contributed by atoms with Crippen LogP contribution in [0.3, 0.4) is 0 Å². The quantitative estimate of drug-likeness (QED) is 0.0512. The highest BCUT2D eigenvalue weighted by Gasteiger charge is 2.25. The van der Waals surface area contributed by atoms with Crippen molar-refractivity contribution in [3.63, 3.8) is 0 Å². The fourth-order valence-electron chi connectivity index (χ4n) is 5.49. The Labute approximate surface area is 299 Å². The third-order valence-corrected chi connectivity index (χ3v) is 8.02. The molecule has 5 N–H and O–H groups in total. The van der Waals surface area contributed by atoms with Gasteiger partial charge in [0, 0.05) is 81.9 Å². The van der Waals surface area contributed by atoms with Gasteiger partial charge in [0.15, 0.2) is 11.5 Å². The second kappa shape index (κ2) is 20.9. The van der Waals surface area contributed by atoms with Gasteiger partial charge in [0.25, 0.3) is 0 Å². The number of amidine groups is 1. The van der Waals surface area contributed by atoms with E-state index in [9.17, 15) is 4.79 Å². The number of nitrogens with one attached hydrogen (secondary N) is 3. The van der Waals surface area contributed by atoms with Crippen molar-refractivity contribution < 1.29 is 23.7 Å². The van der Waals surface area contributed by atoms with Crippen LogP contribution >= 0.6 is 0 Å². The number of nitrogens with zero attached hydrogens (tertiary/aromatic N) is 3. The van der Waals surface area contributed by atoms with Crippen molar-refractivity contribution in [1.29, 1.82) is 5.41 Å². The normalized spacial score (nSPS) is 15.5. The number of methoxy groups -OCH3 is 1. The molecule has 0 atom stereocenters. The molecule has 4 rings (SSSR count). The lowest BCUT2D eigenvalue weighted by molar-refractivity contribution is 0.157. The van der Waals surface area contributed by atoms with Gasteiger partial charge < -0.3 is 50.0 Å². The molecule has 2 aliphatic rings. The molecule has 0 aromatic heterocycles. The van der Waals surface area contributed by atoms with Crippen LogP contribution < -0.4 is 30.6 Å². The summed E-state index contributed by atoms with van der Waals surface area (Å²) in [5.41, 5.74) is 8.14. The van der Waals surface area contributed by atoms with Crippen LogP contribution in [0.4, 0.5) is 16.2 Å². The number of benzene rings is 2. The fourth-order valence-corrected chi connectivity index (χ4v) is 5.49. The molecule has 2 aromatic rings. The van der Waals surface area contributed by atoms with Crippen LogP contribution in [-0.2, 0) is 4.74 Å². The number of hydrogen-bond acceptors (Lipinski definition) is 9. The molecule has 2 aliphatic heterocycles. The lowest BCUT2D eigenvalue weighted by Crippen LogP contribution is -2.51. The summed E-state index contributed by atoms with van der Waals surface area (Å²) in [5.74, 6) is 3.15. The van der Waals surface area contributed by atoms with Crippen LogP contribution in [0.15, 0.2) is 60.4 Å². The van der Waals surface area contributed by atoms with E-state index < -0.39 is 0 Å². The molecular formula is C38H59N7O5. The first-order chi connectivity index (χ1) is 24.0. The highest BCUT2D eigenvalue weighted by Crippen LogP contribution is 2.33. The van der Waals surface area contributed by atoms with E-state index >= 15 is 0 Å². The highest BCUT2D eigenvalue weighted by atomic mass is 16.5. The number of ether oxygens (including phenoxy) is 4. The Hall–Kier alpha value is -4.42. The minimum absolute atomic E-state index is 0.0932. The summed E-state index contributed by atoms with van der Waals surface area (Å²) in [7, 11) is 1.59. The fraction of sp³-hybridized carbons (Fsp3) is 0.526. The van der Waals surface area contributed by atoms with E-state index in [0.29, 0.717) is 67.1 Å². The van der Waals surface area contributed by atoms with Crippen LogP contribution in [0, 0.1) is 5.41 Å². The summed E-state index contributed by atoms with van der Waals surface area (Å²) in [6.45, 7) is 19.7. The van der Waals surface area contributed by atoms with Gasteiger partial charge in [0.05, 0.1) is 25.9 Å². The second-order valence-electron chi connectivity index (χ2n) is 12.7. The van der Waals surface area contributed by atoms with Gasteiger partial charge in [-0.1, -0.05) is 6.08 Å². The van der Waals surface area contributed by atoms with Gasteiger partial charge in [-0.05, 0) is 90.4 Å². The lowest BCUT2D eigenvalue weighted by Gasteiger charge is -2.36. The Kier molecular flexibility index (Phi) is 16.8. The number of urea groups is 1. The Morgan fingerprint density at radius 1 is 0.960 bits per heavy atom. The summed E-state index contributed by atoms with van der Waals surface area (Å²) in [4.78, 5) is 18.9. The maximum absolute atomic E-state index is 12.8. The van der Waals surface area contributed by atoms with Crippen LogP contribution in [0.5, 0.6) is 17.2 Å². The SMILES string of the molecule is C/C=C\C(=C/C)OC(C)C.COc1cc(C(=N)N2CCN(C(=O)Nc3ccc(OC(C)C)cc3)CC2)c(N)cc1OCCCN1CCNCC1. The number of allylic oxidation sites excluding steroid dienone is 3. The number of amides is 2. The minimum Gasteiger partial charge on any atom is -0.493 e. The summed E-state index contributed by atoms with van der Waals surface area (Å²) < 4.78 is 22.6. The summed E-state index contributed by atoms with van der Waals surface area (Å²) >= 11 is 0. The standard InChI is InChI=1S/C29H43N7O4.C9H16O/c1-21(2)40-23-7-5-22(6-8-23)33-29(37)36-16-14-35(15-17-36)28(31)24-19-26(38-3)27(20-25(24)30)39-18-4-11-34-12-9-32-10-13-34;1-5-7-9(6-2)10-8(3)4/h5-8,19-21,31-32H,4,9-18,30H2,1-3H3,(H,33,37);5-8H,1-4H3/b;7-5-,9-6+. The van der Waals surface area contributed by atoms with Crippen LogP contribution in [-0.4, -0.2) is 111 Å². The predicted octanol–water partition coefficient (Wildman–Crippen LogP) is 5.81. The molecule has 0 radical (unpaired) electrons. The number of carbonyl (C=O) groups is 1. The number of rotatable bonds is 13. The Balaban J connectivity index is 0.000000588. The zero-order valence-electron chi connectivity index (χ0n) is 31.1. The third kappa shape index (κ3) is 13.1. The van der Waals surface area contributed by atoms with E-state index in [1.165, 1.54) is 0 Å². The molecule has 0 unspecified atom stereocenters. The van der Waals surface area contributed by atoms with Crippen LogP contribution in [0.25, 0.3) is 0 Å². The average Bonchev–Trinajstić information content (AvgIpc) is 3.11. The Morgan fingerprint density at radius 3 is 2.20 bits per heavy atom. The lowest BCUT2D eigenvalue weighted by atomic mass is 10.1. The van der Waals surface area contributed by atoms with Crippen molar-refractivity contribution in [2.45, 2.75) is 60.2 Å². The second-order valence-corrected chi connectivity index (χ2v) is 12.7. The smallest absolute Gasteiger partial charge is 0.321 e. The van der Waals surface area contributed by atoms with Gasteiger partial charge in [0.2, 0.25) is 0 Å². The monoisotopic (exact) mass is 693 g/mol. The van der Waals surface area contributed by atoms with Crippen molar-refractivity contribution >= 4 is 23.2 Å². The zero-order valence-corrected chi connectivity index (χ0v) is 31.1. The van der Waals surface area contributed by atoms with Gasteiger partial charge in [0.1, 0.15) is 17.3 Å². The maximum atomic E-state index is 12.8. The van der Waals surface area contributed by atoms with Crippen molar-refractivity contribution in [3.05, 3.63) is 65.9 Å². The molecule has 2 heterocycles. The first-order valence-electron chi connectivity index (χ1n) is 17.7. The number of nitrogens with two attached hydrogens (primary N) is 1. The van der Waals surface area contributed by atoms with Gasteiger partial charge in [-0.3, -0.25) is 5.41 Å². The van der Waals surface area contributed by atoms with Crippen molar-refractivity contribution in [2.24, 2.45) is 0 Å². The molecule has 0 aliphatic carbocycles. The van der Waals surface area contributed by atoms with Crippen LogP contribution in [0.1, 0.15) is 53.5 Å².